The summed E-state index contributed by atoms with van der Waals surface area (Å²) in [5, 5.41) is 2.17. The highest BCUT2D eigenvalue weighted by molar-refractivity contribution is 7.89. The fraction of sp³-hybridized carbons (Fsp3) is 0.304. The predicted molar refractivity (Wildman–Crippen MR) is 120 cm³/mol. The number of aromatic nitrogens is 2. The second-order valence-electron chi connectivity index (χ2n) is 8.37. The number of H-pyrrole nitrogens is 1. The van der Waals surface area contributed by atoms with E-state index in [1.165, 1.54) is 10.9 Å². The summed E-state index contributed by atoms with van der Waals surface area (Å²) < 4.78 is 31.1. The van der Waals surface area contributed by atoms with Gasteiger partial charge in [0.05, 0.1) is 10.9 Å². The number of para-hydroxylation sites is 1. The Labute approximate surface area is 176 Å². The van der Waals surface area contributed by atoms with Gasteiger partial charge in [0.2, 0.25) is 10.0 Å². The summed E-state index contributed by atoms with van der Waals surface area (Å²) in [7, 11) is -1.57. The van der Waals surface area contributed by atoms with Gasteiger partial charge >= 0.3 is 0 Å². The Morgan fingerprint density at radius 3 is 2.77 bits per heavy atom. The van der Waals surface area contributed by atoms with Crippen LogP contribution in [0.2, 0.25) is 0 Å². The van der Waals surface area contributed by atoms with Gasteiger partial charge in [-0.15, -0.1) is 0 Å². The van der Waals surface area contributed by atoms with E-state index in [1.54, 1.807) is 12.1 Å². The molecule has 5 rings (SSSR count). The third-order valence-electron chi connectivity index (χ3n) is 6.12. The van der Waals surface area contributed by atoms with E-state index < -0.39 is 10.0 Å². The molecule has 2 aromatic carbocycles. The lowest BCUT2D eigenvalue weighted by Gasteiger charge is -2.43. The molecule has 1 saturated heterocycles. The molecule has 0 aliphatic carbocycles. The molecule has 0 bridgehead atoms. The van der Waals surface area contributed by atoms with Gasteiger partial charge in [0.15, 0.2) is 0 Å². The maximum atomic E-state index is 13.0. The summed E-state index contributed by atoms with van der Waals surface area (Å²) in [6, 6.07) is 15.4. The van der Waals surface area contributed by atoms with E-state index in [0.29, 0.717) is 12.5 Å². The van der Waals surface area contributed by atoms with Crippen LogP contribution in [0.4, 0.5) is 0 Å². The Morgan fingerprint density at radius 2 is 1.97 bits per heavy atom. The molecule has 1 atom stereocenters. The number of aryl methyl sites for hydroxylation is 1. The van der Waals surface area contributed by atoms with Crippen molar-refractivity contribution in [2.24, 2.45) is 13.0 Å². The zero-order valence-electron chi connectivity index (χ0n) is 17.2. The Bertz CT molecular complexity index is 1320. The molecule has 1 fully saturated rings. The van der Waals surface area contributed by atoms with E-state index in [4.69, 9.17) is 0 Å². The van der Waals surface area contributed by atoms with Gasteiger partial charge in [-0.1, -0.05) is 31.2 Å². The minimum atomic E-state index is -3.61. The summed E-state index contributed by atoms with van der Waals surface area (Å²) in [5.74, 6) is 0.634. The number of sulfonamides is 1. The van der Waals surface area contributed by atoms with Crippen molar-refractivity contribution in [2.45, 2.75) is 17.9 Å². The Balaban J connectivity index is 1.45. The van der Waals surface area contributed by atoms with Crippen molar-refractivity contribution in [3.05, 3.63) is 66.5 Å². The van der Waals surface area contributed by atoms with Gasteiger partial charge < -0.3 is 9.55 Å². The van der Waals surface area contributed by atoms with Gasteiger partial charge in [-0.25, -0.2) is 13.1 Å². The van der Waals surface area contributed by atoms with Gasteiger partial charge in [-0.2, -0.15) is 0 Å². The van der Waals surface area contributed by atoms with E-state index in [0.717, 1.165) is 29.5 Å². The molecule has 1 aliphatic rings. The summed E-state index contributed by atoms with van der Waals surface area (Å²) in [6.45, 7) is 4.52. The molecule has 0 saturated carbocycles. The number of benzene rings is 2. The van der Waals surface area contributed by atoms with Crippen molar-refractivity contribution in [3.8, 4) is 0 Å². The lowest BCUT2D eigenvalue weighted by Crippen LogP contribution is -2.50. The molecular weight excluding hydrogens is 396 g/mol. The van der Waals surface area contributed by atoms with E-state index >= 15 is 0 Å². The average molecular weight is 423 g/mol. The van der Waals surface area contributed by atoms with Crippen molar-refractivity contribution < 1.29 is 8.42 Å². The first-order chi connectivity index (χ1) is 14.4. The summed E-state index contributed by atoms with van der Waals surface area (Å²) >= 11 is 0. The van der Waals surface area contributed by atoms with Crippen LogP contribution >= 0.6 is 0 Å². The van der Waals surface area contributed by atoms with Crippen LogP contribution < -0.4 is 4.72 Å². The number of aromatic amines is 1. The van der Waals surface area contributed by atoms with Crippen LogP contribution in [-0.2, 0) is 17.1 Å². The van der Waals surface area contributed by atoms with Gasteiger partial charge in [0, 0.05) is 55.5 Å². The standard InChI is InChI=1S/C23H26N4O2S/c1-16-13-27(14-16)23(20-15-26(2)22-6-4-3-5-19(20)22)12-25-30(28,29)18-8-7-17-9-10-24-21(17)11-18/h3-11,15-16,23-25H,12-14H2,1-2H3. The minimum absolute atomic E-state index is 0.00343. The Hall–Kier alpha value is -2.61. The number of nitrogens with one attached hydrogen (secondary N) is 2. The van der Waals surface area contributed by atoms with Crippen molar-refractivity contribution in [2.75, 3.05) is 19.6 Å². The molecule has 0 radical (unpaired) electrons. The third kappa shape index (κ3) is 3.33. The largest absolute Gasteiger partial charge is 0.361 e. The Morgan fingerprint density at radius 1 is 1.17 bits per heavy atom. The highest BCUT2D eigenvalue weighted by Crippen LogP contribution is 2.34. The molecule has 1 unspecified atom stereocenters. The van der Waals surface area contributed by atoms with Crippen LogP contribution in [0.15, 0.2) is 65.8 Å². The van der Waals surface area contributed by atoms with E-state index in [9.17, 15) is 8.42 Å². The van der Waals surface area contributed by atoms with Gasteiger partial charge in [-0.3, -0.25) is 4.90 Å². The normalized spacial score (nSPS) is 16.9. The highest BCUT2D eigenvalue weighted by Gasteiger charge is 2.33. The maximum absolute atomic E-state index is 13.0. The average Bonchev–Trinajstić information content (AvgIpc) is 3.31. The molecule has 0 spiro atoms. The summed E-state index contributed by atoms with van der Waals surface area (Å²) in [5.41, 5.74) is 3.15. The highest BCUT2D eigenvalue weighted by atomic mass is 32.2. The minimum Gasteiger partial charge on any atom is -0.361 e. The Kier molecular flexibility index (Phi) is 4.69. The topological polar surface area (TPSA) is 70.1 Å². The molecule has 2 aromatic heterocycles. The van der Waals surface area contributed by atoms with Crippen LogP contribution in [0.1, 0.15) is 18.5 Å². The van der Waals surface area contributed by atoms with Crippen molar-refractivity contribution in [3.63, 3.8) is 0 Å². The van der Waals surface area contributed by atoms with Crippen LogP contribution in [-0.4, -0.2) is 42.5 Å². The van der Waals surface area contributed by atoms with Crippen LogP contribution in [0.3, 0.4) is 0 Å². The van der Waals surface area contributed by atoms with Gasteiger partial charge in [0.25, 0.3) is 0 Å². The van der Waals surface area contributed by atoms with E-state index in [1.807, 2.05) is 37.5 Å². The van der Waals surface area contributed by atoms with Crippen molar-refractivity contribution >= 4 is 31.8 Å². The first-order valence-corrected chi connectivity index (χ1v) is 11.8. The number of fused-ring (bicyclic) bond motifs is 2. The number of likely N-dealkylation sites (tertiary alicyclic amines) is 1. The molecule has 2 N–H and O–H groups in total. The fourth-order valence-electron chi connectivity index (χ4n) is 4.54. The second-order valence-corrected chi connectivity index (χ2v) is 10.1. The van der Waals surface area contributed by atoms with Crippen molar-refractivity contribution in [1.29, 1.82) is 0 Å². The lowest BCUT2D eigenvalue weighted by atomic mass is 9.95. The second kappa shape index (κ2) is 7.27. The van der Waals surface area contributed by atoms with Crippen LogP contribution in [0.5, 0.6) is 0 Å². The van der Waals surface area contributed by atoms with Gasteiger partial charge in [-0.05, 0) is 41.1 Å². The molecule has 30 heavy (non-hydrogen) atoms. The number of hydrogen-bond donors (Lipinski definition) is 2. The molecule has 156 valence electrons. The monoisotopic (exact) mass is 422 g/mol. The first-order valence-electron chi connectivity index (χ1n) is 10.3. The predicted octanol–water partition coefficient (Wildman–Crippen LogP) is 3.63. The SMILES string of the molecule is CC1CN(C(CNS(=O)(=O)c2ccc3cc[nH]c3c2)c2cn(C)c3ccccc23)C1. The van der Waals surface area contributed by atoms with Crippen LogP contribution in [0.25, 0.3) is 21.8 Å². The molecule has 6 nitrogen and oxygen atoms in total. The van der Waals surface area contributed by atoms with E-state index in [-0.39, 0.29) is 10.9 Å². The summed E-state index contributed by atoms with van der Waals surface area (Å²) in [4.78, 5) is 5.73. The summed E-state index contributed by atoms with van der Waals surface area (Å²) in [6.07, 6.45) is 3.95. The number of hydrogen-bond acceptors (Lipinski definition) is 3. The van der Waals surface area contributed by atoms with Crippen LogP contribution in [0, 0.1) is 5.92 Å². The molecule has 0 amide bonds. The van der Waals surface area contributed by atoms with E-state index in [2.05, 4.69) is 44.4 Å². The third-order valence-corrected chi connectivity index (χ3v) is 7.54. The fourth-order valence-corrected chi connectivity index (χ4v) is 5.61. The maximum Gasteiger partial charge on any atom is 0.240 e. The molecular formula is C23H26N4O2S. The molecule has 3 heterocycles. The lowest BCUT2D eigenvalue weighted by molar-refractivity contribution is 0.0644. The zero-order valence-corrected chi connectivity index (χ0v) is 18.0. The first kappa shape index (κ1) is 19.4. The zero-order chi connectivity index (χ0) is 20.9. The quantitative estimate of drug-likeness (QED) is 0.499. The van der Waals surface area contributed by atoms with Crippen molar-refractivity contribution in [1.82, 2.24) is 19.2 Å². The molecule has 7 heteroatoms. The number of nitrogens with zero attached hydrogens (tertiary/aromatic N) is 2. The smallest absolute Gasteiger partial charge is 0.240 e. The number of rotatable bonds is 6. The molecule has 4 aromatic rings. The molecule has 1 aliphatic heterocycles. The van der Waals surface area contributed by atoms with Gasteiger partial charge in [0.1, 0.15) is 0 Å².